The van der Waals surface area contributed by atoms with Gasteiger partial charge in [-0.25, -0.2) is 4.98 Å². The summed E-state index contributed by atoms with van der Waals surface area (Å²) in [4.78, 5) is 6.67. The Morgan fingerprint density at radius 1 is 1.65 bits per heavy atom. The zero-order chi connectivity index (χ0) is 12.5. The summed E-state index contributed by atoms with van der Waals surface area (Å²) < 4.78 is 2.18. The summed E-state index contributed by atoms with van der Waals surface area (Å²) in [5, 5.41) is 8.96. The van der Waals surface area contributed by atoms with Gasteiger partial charge >= 0.3 is 0 Å². The summed E-state index contributed by atoms with van der Waals surface area (Å²) in [5.41, 5.74) is 5.15. The van der Waals surface area contributed by atoms with Crippen molar-refractivity contribution < 1.29 is 0 Å². The first-order chi connectivity index (χ1) is 8.02. The second kappa shape index (κ2) is 4.47. The Kier molecular flexibility index (Phi) is 3.18. The molecule has 0 fully saturated rings. The Hall–Kier alpha value is -1.38. The molecule has 5 nitrogen and oxygen atoms in total. The highest BCUT2D eigenvalue weighted by Crippen LogP contribution is 2.18. The summed E-state index contributed by atoms with van der Waals surface area (Å²) in [5.74, 6) is 1.10. The van der Waals surface area contributed by atoms with Crippen molar-refractivity contribution in [2.45, 2.75) is 44.9 Å². The third-order valence-electron chi connectivity index (χ3n) is 3.37. The van der Waals surface area contributed by atoms with Crippen molar-refractivity contribution in [3.8, 4) is 6.07 Å². The first kappa shape index (κ1) is 12.1. The highest BCUT2D eigenvalue weighted by atomic mass is 15.2. The minimum absolute atomic E-state index is 0.301. The Morgan fingerprint density at radius 2 is 2.41 bits per heavy atom. The number of rotatable bonds is 3. The predicted octanol–water partition coefficient (Wildman–Crippen LogP) is 0.718. The van der Waals surface area contributed by atoms with Gasteiger partial charge < -0.3 is 10.3 Å². The van der Waals surface area contributed by atoms with Crippen LogP contribution in [0.5, 0.6) is 0 Å². The van der Waals surface area contributed by atoms with Crippen molar-refractivity contribution in [2.75, 3.05) is 6.54 Å². The second-order valence-electron chi connectivity index (χ2n) is 5.09. The van der Waals surface area contributed by atoms with E-state index in [1.165, 1.54) is 0 Å². The van der Waals surface area contributed by atoms with Gasteiger partial charge in [-0.15, -0.1) is 0 Å². The summed E-state index contributed by atoms with van der Waals surface area (Å²) in [6, 6.07) is 2.46. The summed E-state index contributed by atoms with van der Waals surface area (Å²) in [6.07, 6.45) is 4.54. The molecule has 0 bridgehead atoms. The van der Waals surface area contributed by atoms with Gasteiger partial charge in [0.25, 0.3) is 0 Å². The fourth-order valence-corrected chi connectivity index (χ4v) is 2.36. The molecule has 0 aromatic carbocycles. The molecule has 2 N–H and O–H groups in total. The molecule has 17 heavy (non-hydrogen) atoms. The van der Waals surface area contributed by atoms with E-state index in [2.05, 4.69) is 27.4 Å². The first-order valence-electron chi connectivity index (χ1n) is 5.96. The van der Waals surface area contributed by atoms with E-state index in [1.54, 1.807) is 6.92 Å². The third kappa shape index (κ3) is 2.65. The van der Waals surface area contributed by atoms with Crippen molar-refractivity contribution >= 4 is 0 Å². The fourth-order valence-electron chi connectivity index (χ4n) is 2.36. The van der Waals surface area contributed by atoms with Crippen LogP contribution in [-0.2, 0) is 13.1 Å². The van der Waals surface area contributed by atoms with Crippen molar-refractivity contribution in [1.82, 2.24) is 14.5 Å². The van der Waals surface area contributed by atoms with E-state index in [0.717, 1.165) is 25.5 Å². The quantitative estimate of drug-likeness (QED) is 0.835. The lowest BCUT2D eigenvalue weighted by molar-refractivity contribution is 0.145. The van der Waals surface area contributed by atoms with Crippen molar-refractivity contribution in [1.29, 1.82) is 5.26 Å². The van der Waals surface area contributed by atoms with E-state index >= 15 is 0 Å². The molecule has 2 rings (SSSR count). The van der Waals surface area contributed by atoms with Crippen molar-refractivity contribution in [2.24, 2.45) is 5.73 Å². The van der Waals surface area contributed by atoms with E-state index in [-0.39, 0.29) is 0 Å². The zero-order valence-corrected chi connectivity index (χ0v) is 10.4. The highest BCUT2D eigenvalue weighted by molar-refractivity contribution is 5.04. The lowest BCUT2D eigenvalue weighted by atomic mass is 9.95. The Morgan fingerprint density at radius 3 is 3.12 bits per heavy atom. The van der Waals surface area contributed by atoms with Gasteiger partial charge in [0.15, 0.2) is 0 Å². The standard InChI is InChI=1S/C12H19N5/c1-10(7-12(2,14)9-13)17-6-5-16-4-3-15-11(16)8-17/h3-4,10H,5-8,14H2,1-2H3. The molecule has 1 aliphatic heterocycles. The van der Waals surface area contributed by atoms with Crippen LogP contribution in [0, 0.1) is 11.3 Å². The molecule has 0 saturated carbocycles. The van der Waals surface area contributed by atoms with E-state index in [1.807, 2.05) is 12.4 Å². The monoisotopic (exact) mass is 233 g/mol. The molecule has 1 aromatic heterocycles. The van der Waals surface area contributed by atoms with Gasteiger partial charge in [0.2, 0.25) is 0 Å². The number of nitrogens with zero attached hydrogens (tertiary/aromatic N) is 4. The number of imidazole rings is 1. The topological polar surface area (TPSA) is 70.9 Å². The van der Waals surface area contributed by atoms with Crippen LogP contribution in [0.2, 0.25) is 0 Å². The van der Waals surface area contributed by atoms with Gasteiger partial charge in [0, 0.05) is 31.5 Å². The molecule has 0 aliphatic carbocycles. The molecule has 0 radical (unpaired) electrons. The van der Waals surface area contributed by atoms with Crippen LogP contribution in [0.4, 0.5) is 0 Å². The Balaban J connectivity index is 1.99. The lowest BCUT2D eigenvalue weighted by Crippen LogP contribution is -2.46. The highest BCUT2D eigenvalue weighted by Gasteiger charge is 2.27. The minimum Gasteiger partial charge on any atom is -0.333 e. The zero-order valence-electron chi connectivity index (χ0n) is 10.4. The molecule has 2 unspecified atom stereocenters. The normalized spacial score (nSPS) is 21.3. The van der Waals surface area contributed by atoms with Crippen LogP contribution >= 0.6 is 0 Å². The molecule has 1 aliphatic rings. The van der Waals surface area contributed by atoms with Crippen LogP contribution in [0.3, 0.4) is 0 Å². The second-order valence-corrected chi connectivity index (χ2v) is 5.09. The van der Waals surface area contributed by atoms with Gasteiger partial charge in [-0.3, -0.25) is 4.90 Å². The fraction of sp³-hybridized carbons (Fsp3) is 0.667. The maximum absolute atomic E-state index is 8.96. The summed E-state index contributed by atoms with van der Waals surface area (Å²) >= 11 is 0. The molecular formula is C12H19N5. The first-order valence-corrected chi connectivity index (χ1v) is 5.96. The van der Waals surface area contributed by atoms with E-state index in [9.17, 15) is 0 Å². The summed E-state index contributed by atoms with van der Waals surface area (Å²) in [7, 11) is 0. The smallest absolute Gasteiger partial charge is 0.122 e. The van der Waals surface area contributed by atoms with Gasteiger partial charge in [-0.1, -0.05) is 0 Å². The molecule has 0 spiro atoms. The third-order valence-corrected chi connectivity index (χ3v) is 3.37. The largest absolute Gasteiger partial charge is 0.333 e. The van der Waals surface area contributed by atoms with Crippen molar-refractivity contribution in [3.05, 3.63) is 18.2 Å². The number of fused-ring (bicyclic) bond motifs is 1. The minimum atomic E-state index is -0.744. The molecule has 2 atom stereocenters. The number of nitrogens with two attached hydrogens (primary N) is 1. The van der Waals surface area contributed by atoms with Crippen molar-refractivity contribution in [3.63, 3.8) is 0 Å². The number of nitriles is 1. The average Bonchev–Trinajstić information content (AvgIpc) is 2.75. The van der Waals surface area contributed by atoms with E-state index in [0.29, 0.717) is 12.5 Å². The molecule has 2 heterocycles. The SMILES string of the molecule is CC(CC(C)(N)C#N)N1CCn2ccnc2C1. The van der Waals surface area contributed by atoms with Crippen LogP contribution in [-0.4, -0.2) is 32.6 Å². The van der Waals surface area contributed by atoms with E-state index < -0.39 is 5.54 Å². The van der Waals surface area contributed by atoms with Gasteiger partial charge in [0.1, 0.15) is 11.4 Å². The maximum atomic E-state index is 8.96. The molecule has 0 saturated heterocycles. The number of aromatic nitrogens is 2. The summed E-state index contributed by atoms with van der Waals surface area (Å²) in [6.45, 7) is 6.71. The maximum Gasteiger partial charge on any atom is 0.122 e. The molecule has 0 amide bonds. The molecule has 92 valence electrons. The van der Waals surface area contributed by atoms with Crippen LogP contribution < -0.4 is 5.73 Å². The van der Waals surface area contributed by atoms with Crippen LogP contribution in [0.15, 0.2) is 12.4 Å². The Bertz CT molecular complexity index is 428. The van der Waals surface area contributed by atoms with Gasteiger partial charge in [-0.2, -0.15) is 5.26 Å². The number of hydrogen-bond donors (Lipinski definition) is 1. The number of hydrogen-bond acceptors (Lipinski definition) is 4. The average molecular weight is 233 g/mol. The lowest BCUT2D eigenvalue weighted by Gasteiger charge is -2.34. The molecular weight excluding hydrogens is 214 g/mol. The van der Waals surface area contributed by atoms with Gasteiger partial charge in [-0.05, 0) is 20.3 Å². The molecule has 5 heteroatoms. The van der Waals surface area contributed by atoms with E-state index in [4.69, 9.17) is 11.0 Å². The van der Waals surface area contributed by atoms with Crippen LogP contribution in [0.25, 0.3) is 0 Å². The Labute approximate surface area is 102 Å². The predicted molar refractivity (Wildman–Crippen MR) is 64.9 cm³/mol. The molecule has 1 aromatic rings. The van der Waals surface area contributed by atoms with Crippen LogP contribution in [0.1, 0.15) is 26.1 Å². The van der Waals surface area contributed by atoms with Gasteiger partial charge in [0.05, 0.1) is 12.6 Å².